The summed E-state index contributed by atoms with van der Waals surface area (Å²) in [5.41, 5.74) is 1.16. The molecule has 0 N–H and O–H groups in total. The van der Waals surface area contributed by atoms with Crippen LogP contribution in [0.4, 0.5) is 10.2 Å². The van der Waals surface area contributed by atoms with Crippen molar-refractivity contribution < 1.29 is 18.7 Å². The minimum atomic E-state index is -0.562. The average Bonchev–Trinajstić information content (AvgIpc) is 3.22. The van der Waals surface area contributed by atoms with Crippen LogP contribution in [0.15, 0.2) is 42.6 Å². The second-order valence-electron chi connectivity index (χ2n) is 6.52. The zero-order valence-electron chi connectivity index (χ0n) is 15.2. The van der Waals surface area contributed by atoms with E-state index >= 15 is 0 Å². The molecule has 0 aliphatic carbocycles. The van der Waals surface area contributed by atoms with Gasteiger partial charge in [0.15, 0.2) is 6.61 Å². The Bertz CT molecular complexity index is 804. The van der Waals surface area contributed by atoms with E-state index < -0.39 is 5.97 Å². The van der Waals surface area contributed by atoms with Gasteiger partial charge in [0.05, 0.1) is 0 Å². The summed E-state index contributed by atoms with van der Waals surface area (Å²) in [6.45, 7) is 1.67. The highest BCUT2D eigenvalue weighted by Gasteiger charge is 2.22. The van der Waals surface area contributed by atoms with Gasteiger partial charge >= 0.3 is 5.97 Å². The largest absolute Gasteiger partial charge is 0.452 e. The fourth-order valence-electron chi connectivity index (χ4n) is 3.00. The lowest BCUT2D eigenvalue weighted by Crippen LogP contribution is -2.31. The maximum Gasteiger partial charge on any atom is 0.342 e. The van der Waals surface area contributed by atoms with Crippen LogP contribution < -0.4 is 4.90 Å². The smallest absolute Gasteiger partial charge is 0.342 e. The van der Waals surface area contributed by atoms with E-state index in [9.17, 15) is 14.0 Å². The van der Waals surface area contributed by atoms with E-state index in [1.807, 2.05) is 0 Å². The zero-order valence-corrected chi connectivity index (χ0v) is 15.2. The van der Waals surface area contributed by atoms with E-state index in [1.54, 1.807) is 37.5 Å². The van der Waals surface area contributed by atoms with Gasteiger partial charge in [-0.25, -0.2) is 14.2 Å². The maximum absolute atomic E-state index is 13.0. The van der Waals surface area contributed by atoms with E-state index in [4.69, 9.17) is 4.74 Å². The molecule has 2 heterocycles. The Labute approximate surface area is 157 Å². The number of pyridine rings is 1. The Balaban J connectivity index is 1.57. The van der Waals surface area contributed by atoms with E-state index in [0.717, 1.165) is 31.5 Å². The molecule has 1 amide bonds. The number of benzene rings is 1. The van der Waals surface area contributed by atoms with Gasteiger partial charge in [0.25, 0.3) is 5.91 Å². The highest BCUT2D eigenvalue weighted by atomic mass is 19.1. The molecule has 0 bridgehead atoms. The molecule has 27 heavy (non-hydrogen) atoms. The number of amides is 1. The highest BCUT2D eigenvalue weighted by molar-refractivity contribution is 5.96. The normalized spacial score (nSPS) is 13.5. The van der Waals surface area contributed by atoms with Crippen molar-refractivity contribution in [1.29, 1.82) is 0 Å². The molecule has 1 aliphatic heterocycles. The van der Waals surface area contributed by atoms with Gasteiger partial charge in [0.2, 0.25) is 0 Å². The van der Waals surface area contributed by atoms with Crippen molar-refractivity contribution in [1.82, 2.24) is 9.88 Å². The minimum Gasteiger partial charge on any atom is -0.452 e. The molecule has 6 nitrogen and oxygen atoms in total. The lowest BCUT2D eigenvalue weighted by Gasteiger charge is -2.20. The first-order valence-corrected chi connectivity index (χ1v) is 8.90. The van der Waals surface area contributed by atoms with Crippen molar-refractivity contribution in [3.8, 4) is 0 Å². The monoisotopic (exact) mass is 371 g/mol. The van der Waals surface area contributed by atoms with Crippen molar-refractivity contribution >= 4 is 17.7 Å². The molecule has 0 radical (unpaired) electrons. The van der Waals surface area contributed by atoms with E-state index in [0.29, 0.717) is 17.9 Å². The van der Waals surface area contributed by atoms with Crippen molar-refractivity contribution in [3.05, 3.63) is 59.5 Å². The van der Waals surface area contributed by atoms with Crippen LogP contribution >= 0.6 is 0 Å². The van der Waals surface area contributed by atoms with Crippen LogP contribution in [0.3, 0.4) is 0 Å². The summed E-state index contributed by atoms with van der Waals surface area (Å²) >= 11 is 0. The number of anilines is 1. The minimum absolute atomic E-state index is 0.308. The SMILES string of the molecule is CN(Cc1ccc(F)cc1)C(=O)COC(=O)c1cccnc1N1CCCC1. The Morgan fingerprint density at radius 3 is 2.59 bits per heavy atom. The van der Waals surface area contributed by atoms with Crippen molar-refractivity contribution in [2.75, 3.05) is 31.6 Å². The molecule has 0 spiro atoms. The summed E-state index contributed by atoms with van der Waals surface area (Å²) in [6.07, 6.45) is 3.78. The molecule has 0 unspecified atom stereocenters. The molecule has 1 saturated heterocycles. The van der Waals surface area contributed by atoms with Crippen LogP contribution in [0.5, 0.6) is 0 Å². The number of likely N-dealkylation sites (N-methyl/N-ethyl adjacent to an activating group) is 1. The first-order chi connectivity index (χ1) is 13.0. The first-order valence-electron chi connectivity index (χ1n) is 8.90. The molecular formula is C20H22FN3O3. The topological polar surface area (TPSA) is 62.7 Å². The Morgan fingerprint density at radius 1 is 1.19 bits per heavy atom. The molecular weight excluding hydrogens is 349 g/mol. The Hall–Kier alpha value is -2.96. The molecule has 7 heteroatoms. The predicted octanol–water partition coefficient (Wildman–Crippen LogP) is 2.64. The maximum atomic E-state index is 13.0. The molecule has 1 aliphatic rings. The van der Waals surface area contributed by atoms with Gasteiger partial charge in [-0.15, -0.1) is 0 Å². The summed E-state index contributed by atoms with van der Waals surface area (Å²) in [4.78, 5) is 32.5. The summed E-state index contributed by atoms with van der Waals surface area (Å²) in [6, 6.07) is 9.26. The molecule has 0 saturated carbocycles. The Kier molecular flexibility index (Phi) is 6.01. The summed E-state index contributed by atoms with van der Waals surface area (Å²) in [5, 5.41) is 0. The van der Waals surface area contributed by atoms with E-state index in [2.05, 4.69) is 9.88 Å². The second-order valence-corrected chi connectivity index (χ2v) is 6.52. The average molecular weight is 371 g/mol. The number of esters is 1. The number of carbonyl (C=O) groups is 2. The third-order valence-corrected chi connectivity index (χ3v) is 4.50. The molecule has 1 fully saturated rings. The number of carbonyl (C=O) groups excluding carboxylic acids is 2. The number of hydrogen-bond acceptors (Lipinski definition) is 5. The molecule has 3 rings (SSSR count). The molecule has 1 aromatic carbocycles. The van der Waals surface area contributed by atoms with Crippen LogP contribution in [-0.2, 0) is 16.1 Å². The Morgan fingerprint density at radius 2 is 1.89 bits per heavy atom. The summed E-state index contributed by atoms with van der Waals surface area (Å²) in [7, 11) is 1.61. The van der Waals surface area contributed by atoms with Crippen LogP contribution in [0.25, 0.3) is 0 Å². The van der Waals surface area contributed by atoms with Gasteiger partial charge < -0.3 is 14.5 Å². The lowest BCUT2D eigenvalue weighted by molar-refractivity contribution is -0.133. The second kappa shape index (κ2) is 8.62. The summed E-state index contributed by atoms with van der Waals surface area (Å²) < 4.78 is 18.2. The molecule has 0 atom stereocenters. The van der Waals surface area contributed by atoms with Gasteiger partial charge in [-0.05, 0) is 42.7 Å². The number of nitrogens with zero attached hydrogens (tertiary/aromatic N) is 3. The van der Waals surface area contributed by atoms with Gasteiger partial charge in [0.1, 0.15) is 17.2 Å². The predicted molar refractivity (Wildman–Crippen MR) is 98.8 cm³/mol. The van der Waals surface area contributed by atoms with Crippen molar-refractivity contribution in [2.24, 2.45) is 0 Å². The molecule has 142 valence electrons. The quantitative estimate of drug-likeness (QED) is 0.731. The van der Waals surface area contributed by atoms with Gasteiger partial charge in [-0.2, -0.15) is 0 Å². The lowest BCUT2D eigenvalue weighted by atomic mass is 10.2. The van der Waals surface area contributed by atoms with Crippen LogP contribution in [0.1, 0.15) is 28.8 Å². The van der Waals surface area contributed by atoms with Crippen molar-refractivity contribution in [2.45, 2.75) is 19.4 Å². The van der Waals surface area contributed by atoms with E-state index in [-0.39, 0.29) is 18.3 Å². The van der Waals surface area contributed by atoms with Gasteiger partial charge in [-0.1, -0.05) is 12.1 Å². The fraction of sp³-hybridized carbons (Fsp3) is 0.350. The van der Waals surface area contributed by atoms with Crippen molar-refractivity contribution in [3.63, 3.8) is 0 Å². The van der Waals surface area contributed by atoms with Crippen LogP contribution in [0, 0.1) is 5.82 Å². The fourth-order valence-corrected chi connectivity index (χ4v) is 3.00. The number of halogens is 1. The molecule has 2 aromatic rings. The number of ether oxygens (including phenoxy) is 1. The number of rotatable bonds is 6. The van der Waals surface area contributed by atoms with Crippen LogP contribution in [0.2, 0.25) is 0 Å². The van der Waals surface area contributed by atoms with Gasteiger partial charge in [-0.3, -0.25) is 4.79 Å². The zero-order chi connectivity index (χ0) is 19.2. The number of aromatic nitrogens is 1. The third-order valence-electron chi connectivity index (χ3n) is 4.50. The standard InChI is InChI=1S/C20H22FN3O3/c1-23(13-15-6-8-16(21)9-7-15)18(25)14-27-20(26)17-5-4-10-22-19(17)24-11-2-3-12-24/h4-10H,2-3,11-14H2,1H3. The summed E-state index contributed by atoms with van der Waals surface area (Å²) in [5.74, 6) is -0.619. The third kappa shape index (κ3) is 4.81. The first kappa shape index (κ1) is 18.8. The number of hydrogen-bond donors (Lipinski definition) is 0. The van der Waals surface area contributed by atoms with Gasteiger partial charge in [0, 0.05) is 32.9 Å². The van der Waals surface area contributed by atoms with E-state index in [1.165, 1.54) is 17.0 Å². The molecule has 1 aromatic heterocycles. The van der Waals surface area contributed by atoms with Crippen LogP contribution in [-0.4, -0.2) is 48.5 Å². The highest BCUT2D eigenvalue weighted by Crippen LogP contribution is 2.22.